The van der Waals surface area contributed by atoms with Crippen LogP contribution in [0.1, 0.15) is 11.1 Å². The Morgan fingerprint density at radius 3 is 2.15 bits per heavy atom. The van der Waals surface area contributed by atoms with E-state index in [1.165, 1.54) is 11.9 Å². The van der Waals surface area contributed by atoms with Gasteiger partial charge >= 0.3 is 0 Å². The second-order valence-electron chi connectivity index (χ2n) is 9.24. The summed E-state index contributed by atoms with van der Waals surface area (Å²) in [5, 5.41) is 4.77. The number of amides is 2. The maximum absolute atomic E-state index is 14.0. The lowest BCUT2D eigenvalue weighted by Gasteiger charge is -2.33. The Labute approximate surface area is 234 Å². The molecule has 0 heterocycles. The molecule has 0 aliphatic rings. The number of nitrogens with one attached hydrogen (secondary N) is 1. The van der Waals surface area contributed by atoms with Gasteiger partial charge in [0.2, 0.25) is 21.8 Å². The van der Waals surface area contributed by atoms with Crippen molar-refractivity contribution >= 4 is 49.9 Å². The van der Waals surface area contributed by atoms with E-state index in [0.717, 1.165) is 27.1 Å². The summed E-state index contributed by atoms with van der Waals surface area (Å²) in [5.41, 5.74) is 2.02. The molecule has 4 aromatic carbocycles. The van der Waals surface area contributed by atoms with E-state index in [9.17, 15) is 18.0 Å². The molecule has 1 unspecified atom stereocenters. The van der Waals surface area contributed by atoms with Gasteiger partial charge in [-0.15, -0.1) is 0 Å². The van der Waals surface area contributed by atoms with Crippen LogP contribution in [0.3, 0.4) is 0 Å². The number of likely N-dealkylation sites (N-methyl/N-ethyl adjacent to an activating group) is 1. The second-order valence-corrected chi connectivity index (χ2v) is 11.6. The van der Waals surface area contributed by atoms with Gasteiger partial charge in [-0.2, -0.15) is 0 Å². The molecule has 1 atom stereocenters. The molecule has 39 heavy (non-hydrogen) atoms. The fourth-order valence-corrected chi connectivity index (χ4v) is 5.52. The molecule has 202 valence electrons. The fraction of sp³-hybridized carbons (Fsp3) is 0.200. The summed E-state index contributed by atoms with van der Waals surface area (Å²) in [6.07, 6.45) is 1.33. The molecule has 9 heteroatoms. The highest BCUT2D eigenvalue weighted by molar-refractivity contribution is 7.92. The van der Waals surface area contributed by atoms with Crippen molar-refractivity contribution in [1.29, 1.82) is 0 Å². The van der Waals surface area contributed by atoms with Gasteiger partial charge in [-0.3, -0.25) is 13.9 Å². The zero-order chi connectivity index (χ0) is 28.0. The summed E-state index contributed by atoms with van der Waals surface area (Å²) < 4.78 is 27.2. The van der Waals surface area contributed by atoms with E-state index in [2.05, 4.69) is 5.32 Å². The number of sulfonamides is 1. The number of anilines is 1. The third-order valence-corrected chi connectivity index (χ3v) is 7.88. The third kappa shape index (κ3) is 6.96. The van der Waals surface area contributed by atoms with Gasteiger partial charge in [-0.1, -0.05) is 90.5 Å². The van der Waals surface area contributed by atoms with Crippen LogP contribution in [0.25, 0.3) is 10.8 Å². The lowest BCUT2D eigenvalue weighted by atomic mass is 10.0. The van der Waals surface area contributed by atoms with Crippen LogP contribution >= 0.6 is 11.6 Å². The minimum atomic E-state index is -3.86. The smallest absolute Gasteiger partial charge is 0.244 e. The van der Waals surface area contributed by atoms with Crippen LogP contribution in [0.5, 0.6) is 0 Å². The van der Waals surface area contributed by atoms with Crippen LogP contribution in [-0.2, 0) is 32.6 Å². The van der Waals surface area contributed by atoms with Crippen LogP contribution in [-0.4, -0.2) is 51.0 Å². The molecule has 0 saturated carbocycles. The average Bonchev–Trinajstić information content (AvgIpc) is 2.93. The Kier molecular flexibility index (Phi) is 8.89. The molecular formula is C30H30ClN3O4S. The molecule has 2 amide bonds. The molecule has 0 aromatic heterocycles. The molecule has 0 aliphatic carbocycles. The van der Waals surface area contributed by atoms with Crippen molar-refractivity contribution in [2.75, 3.05) is 24.2 Å². The van der Waals surface area contributed by atoms with Gasteiger partial charge in [-0.05, 0) is 34.7 Å². The van der Waals surface area contributed by atoms with Crippen LogP contribution in [0.15, 0.2) is 97.1 Å². The highest BCUT2D eigenvalue weighted by Crippen LogP contribution is 2.29. The van der Waals surface area contributed by atoms with Gasteiger partial charge in [0.05, 0.1) is 11.9 Å². The van der Waals surface area contributed by atoms with Crippen molar-refractivity contribution in [1.82, 2.24) is 10.2 Å². The minimum Gasteiger partial charge on any atom is -0.357 e. The fourth-order valence-electron chi connectivity index (χ4n) is 4.53. The lowest BCUT2D eigenvalue weighted by Crippen LogP contribution is -2.52. The van der Waals surface area contributed by atoms with Gasteiger partial charge in [0, 0.05) is 30.4 Å². The van der Waals surface area contributed by atoms with Crippen molar-refractivity contribution in [3.63, 3.8) is 0 Å². The van der Waals surface area contributed by atoms with Crippen molar-refractivity contribution in [3.8, 4) is 0 Å². The molecule has 7 nitrogen and oxygen atoms in total. The molecule has 4 aromatic rings. The third-order valence-electron chi connectivity index (χ3n) is 6.50. The largest absolute Gasteiger partial charge is 0.357 e. The average molecular weight is 564 g/mol. The molecular weight excluding hydrogens is 534 g/mol. The maximum Gasteiger partial charge on any atom is 0.244 e. The number of hydrogen-bond acceptors (Lipinski definition) is 4. The highest BCUT2D eigenvalue weighted by Gasteiger charge is 2.33. The molecule has 4 rings (SSSR count). The number of carbonyl (C=O) groups is 2. The van der Waals surface area contributed by atoms with Crippen molar-refractivity contribution in [3.05, 3.63) is 113 Å². The first-order valence-electron chi connectivity index (χ1n) is 12.4. The monoisotopic (exact) mass is 563 g/mol. The van der Waals surface area contributed by atoms with Gasteiger partial charge < -0.3 is 10.2 Å². The van der Waals surface area contributed by atoms with Gasteiger partial charge in [0.25, 0.3) is 0 Å². The Hall–Kier alpha value is -3.88. The van der Waals surface area contributed by atoms with Crippen LogP contribution in [0, 0.1) is 0 Å². The lowest BCUT2D eigenvalue weighted by molar-refractivity contribution is -0.139. The van der Waals surface area contributed by atoms with E-state index in [1.54, 1.807) is 36.4 Å². The summed E-state index contributed by atoms with van der Waals surface area (Å²) in [6, 6.07) is 28.2. The topological polar surface area (TPSA) is 86.8 Å². The van der Waals surface area contributed by atoms with E-state index in [0.29, 0.717) is 16.1 Å². The maximum atomic E-state index is 14.0. The zero-order valence-electron chi connectivity index (χ0n) is 21.7. The number of rotatable bonds is 10. The SMILES string of the molecule is CNC(=O)C(Cc1ccccc1)N(Cc1ccc(Cl)cc1)C(=O)CN(c1cccc2ccccc12)S(C)(=O)=O. The van der Waals surface area contributed by atoms with E-state index in [-0.39, 0.29) is 18.9 Å². The summed E-state index contributed by atoms with van der Waals surface area (Å²) in [7, 11) is -2.34. The Bertz CT molecular complexity index is 1560. The van der Waals surface area contributed by atoms with E-state index in [1.807, 2.05) is 60.7 Å². The number of carbonyl (C=O) groups excluding carboxylic acids is 2. The van der Waals surface area contributed by atoms with Crippen molar-refractivity contribution < 1.29 is 18.0 Å². The summed E-state index contributed by atoms with van der Waals surface area (Å²) >= 11 is 6.07. The summed E-state index contributed by atoms with van der Waals surface area (Å²) in [6.45, 7) is -0.378. The Morgan fingerprint density at radius 2 is 1.49 bits per heavy atom. The van der Waals surface area contributed by atoms with Crippen molar-refractivity contribution in [2.45, 2.75) is 19.0 Å². The molecule has 0 fully saturated rings. The van der Waals surface area contributed by atoms with Gasteiger partial charge in [-0.25, -0.2) is 8.42 Å². The van der Waals surface area contributed by atoms with E-state index in [4.69, 9.17) is 11.6 Å². The Balaban J connectivity index is 1.76. The first-order chi connectivity index (χ1) is 18.7. The standard InChI is InChI=1S/C30H30ClN3O4S/c1-32-30(36)28(19-22-9-4-3-5-10-22)33(20-23-15-17-25(31)18-16-23)29(35)21-34(39(2,37)38)27-14-8-12-24-11-6-7-13-26(24)27/h3-18,28H,19-21H2,1-2H3,(H,32,36). The Morgan fingerprint density at radius 1 is 0.846 bits per heavy atom. The van der Waals surface area contributed by atoms with Gasteiger partial charge in [0.15, 0.2) is 0 Å². The number of nitrogens with zero attached hydrogens (tertiary/aromatic N) is 2. The van der Waals surface area contributed by atoms with E-state index >= 15 is 0 Å². The first kappa shape index (κ1) is 28.1. The van der Waals surface area contributed by atoms with Gasteiger partial charge in [0.1, 0.15) is 12.6 Å². The quantitative estimate of drug-likeness (QED) is 0.304. The first-order valence-corrected chi connectivity index (χ1v) is 14.6. The molecule has 0 radical (unpaired) electrons. The molecule has 0 spiro atoms. The van der Waals surface area contributed by atoms with E-state index < -0.39 is 28.5 Å². The number of halogens is 1. The van der Waals surface area contributed by atoms with Crippen molar-refractivity contribution in [2.24, 2.45) is 0 Å². The normalized spacial score (nSPS) is 12.1. The second kappa shape index (κ2) is 12.3. The number of benzene rings is 4. The molecule has 0 aliphatic heterocycles. The number of hydrogen-bond donors (Lipinski definition) is 1. The van der Waals surface area contributed by atoms with Crippen LogP contribution in [0.4, 0.5) is 5.69 Å². The van der Waals surface area contributed by atoms with Crippen LogP contribution < -0.4 is 9.62 Å². The predicted octanol–water partition coefficient (Wildman–Crippen LogP) is 4.65. The van der Waals surface area contributed by atoms with Crippen LogP contribution in [0.2, 0.25) is 5.02 Å². The highest BCUT2D eigenvalue weighted by atomic mass is 35.5. The molecule has 0 saturated heterocycles. The zero-order valence-corrected chi connectivity index (χ0v) is 23.3. The predicted molar refractivity (Wildman–Crippen MR) is 156 cm³/mol. The summed E-state index contributed by atoms with van der Waals surface area (Å²) in [4.78, 5) is 28.7. The minimum absolute atomic E-state index is 0.0913. The summed E-state index contributed by atoms with van der Waals surface area (Å²) in [5.74, 6) is -0.856. The number of fused-ring (bicyclic) bond motifs is 1. The molecule has 1 N–H and O–H groups in total. The molecule has 0 bridgehead atoms.